The van der Waals surface area contributed by atoms with Gasteiger partial charge in [0.2, 0.25) is 5.91 Å². The average Bonchev–Trinajstić information content (AvgIpc) is 3.36. The molecule has 0 aromatic heterocycles. The van der Waals surface area contributed by atoms with E-state index >= 15 is 0 Å². The molecule has 1 saturated carbocycles. The van der Waals surface area contributed by atoms with Gasteiger partial charge >= 0.3 is 0 Å². The van der Waals surface area contributed by atoms with Crippen molar-refractivity contribution < 1.29 is 9.18 Å². The molecule has 0 heterocycles. The van der Waals surface area contributed by atoms with Gasteiger partial charge in [-0.25, -0.2) is 4.39 Å². The molecule has 0 saturated heterocycles. The van der Waals surface area contributed by atoms with E-state index in [1.165, 1.54) is 18.2 Å². The molecule has 1 amide bonds. The Labute approximate surface area is 129 Å². The maximum atomic E-state index is 13.1. The molecule has 1 aliphatic carbocycles. The lowest BCUT2D eigenvalue weighted by Crippen LogP contribution is -2.28. The molecule has 1 N–H and O–H groups in total. The van der Waals surface area contributed by atoms with E-state index in [0.717, 1.165) is 18.4 Å². The van der Waals surface area contributed by atoms with Crippen LogP contribution in [0.25, 0.3) is 6.08 Å². The monoisotopic (exact) mass is 295 g/mol. The quantitative estimate of drug-likeness (QED) is 0.826. The van der Waals surface area contributed by atoms with Gasteiger partial charge in [-0.05, 0) is 48.1 Å². The number of carbonyl (C=O) groups is 1. The molecule has 1 unspecified atom stereocenters. The van der Waals surface area contributed by atoms with Crippen molar-refractivity contribution in [3.63, 3.8) is 0 Å². The standard InChI is InChI=1S/C19H18FNO/c20-17-8-4-5-14(13-17)9-12-18(22)21-19(16-10-11-16)15-6-2-1-3-7-15/h1-9,12-13,16,19H,10-11H2,(H,21,22)/b12-9+. The van der Waals surface area contributed by atoms with E-state index in [9.17, 15) is 9.18 Å². The van der Waals surface area contributed by atoms with E-state index in [0.29, 0.717) is 11.5 Å². The van der Waals surface area contributed by atoms with Crippen LogP contribution >= 0.6 is 0 Å². The van der Waals surface area contributed by atoms with Gasteiger partial charge in [-0.2, -0.15) is 0 Å². The lowest BCUT2D eigenvalue weighted by Gasteiger charge is -2.17. The van der Waals surface area contributed by atoms with Gasteiger partial charge < -0.3 is 5.32 Å². The zero-order valence-corrected chi connectivity index (χ0v) is 12.2. The molecule has 2 nitrogen and oxygen atoms in total. The highest BCUT2D eigenvalue weighted by molar-refractivity contribution is 5.92. The number of halogens is 1. The maximum absolute atomic E-state index is 13.1. The highest BCUT2D eigenvalue weighted by Crippen LogP contribution is 2.40. The molecule has 1 aliphatic rings. The van der Waals surface area contributed by atoms with Gasteiger partial charge in [0, 0.05) is 6.08 Å². The van der Waals surface area contributed by atoms with Crippen molar-refractivity contribution in [3.8, 4) is 0 Å². The topological polar surface area (TPSA) is 29.1 Å². The Morgan fingerprint density at radius 1 is 1.14 bits per heavy atom. The predicted molar refractivity (Wildman–Crippen MR) is 85.5 cm³/mol. The van der Waals surface area contributed by atoms with Crippen LogP contribution in [0.2, 0.25) is 0 Å². The fraction of sp³-hybridized carbons (Fsp3) is 0.211. The van der Waals surface area contributed by atoms with Gasteiger partial charge in [0.15, 0.2) is 0 Å². The van der Waals surface area contributed by atoms with Crippen molar-refractivity contribution in [2.24, 2.45) is 5.92 Å². The third-order valence-corrected chi connectivity index (χ3v) is 3.83. The minimum Gasteiger partial charge on any atom is -0.345 e. The molecule has 1 atom stereocenters. The summed E-state index contributed by atoms with van der Waals surface area (Å²) in [6.45, 7) is 0. The van der Waals surface area contributed by atoms with Crippen LogP contribution in [0.4, 0.5) is 4.39 Å². The second-order valence-corrected chi connectivity index (χ2v) is 5.62. The molecule has 112 valence electrons. The summed E-state index contributed by atoms with van der Waals surface area (Å²) in [4.78, 5) is 12.1. The molecule has 22 heavy (non-hydrogen) atoms. The summed E-state index contributed by atoms with van der Waals surface area (Å²) in [7, 11) is 0. The van der Waals surface area contributed by atoms with Crippen molar-refractivity contribution >= 4 is 12.0 Å². The molecule has 2 aromatic carbocycles. The summed E-state index contributed by atoms with van der Waals surface area (Å²) in [5, 5.41) is 3.06. The first-order valence-corrected chi connectivity index (χ1v) is 7.51. The first-order chi connectivity index (χ1) is 10.7. The van der Waals surface area contributed by atoms with Crippen LogP contribution in [0.5, 0.6) is 0 Å². The Morgan fingerprint density at radius 3 is 2.59 bits per heavy atom. The Hall–Kier alpha value is -2.42. The van der Waals surface area contributed by atoms with Gasteiger partial charge in [0.1, 0.15) is 5.82 Å². The third-order valence-electron chi connectivity index (χ3n) is 3.83. The number of benzene rings is 2. The van der Waals surface area contributed by atoms with E-state index in [-0.39, 0.29) is 17.8 Å². The molecule has 0 bridgehead atoms. The first-order valence-electron chi connectivity index (χ1n) is 7.51. The van der Waals surface area contributed by atoms with Gasteiger partial charge in [-0.15, -0.1) is 0 Å². The molecule has 0 radical (unpaired) electrons. The summed E-state index contributed by atoms with van der Waals surface area (Å²) < 4.78 is 13.1. The van der Waals surface area contributed by atoms with E-state index < -0.39 is 0 Å². The minimum atomic E-state index is -0.303. The number of nitrogens with one attached hydrogen (secondary N) is 1. The number of hydrogen-bond acceptors (Lipinski definition) is 1. The number of carbonyl (C=O) groups excluding carboxylic acids is 1. The predicted octanol–water partition coefficient (Wildman–Crippen LogP) is 4.11. The normalized spacial score (nSPS) is 15.7. The minimum absolute atomic E-state index is 0.0610. The lowest BCUT2D eigenvalue weighted by atomic mass is 10.0. The highest BCUT2D eigenvalue weighted by atomic mass is 19.1. The van der Waals surface area contributed by atoms with E-state index in [2.05, 4.69) is 5.32 Å². The van der Waals surface area contributed by atoms with Crippen LogP contribution in [-0.2, 0) is 4.79 Å². The largest absolute Gasteiger partial charge is 0.345 e. The van der Waals surface area contributed by atoms with Crippen LogP contribution in [0.3, 0.4) is 0 Å². The third kappa shape index (κ3) is 3.82. The van der Waals surface area contributed by atoms with Gasteiger partial charge in [0.25, 0.3) is 0 Å². The fourth-order valence-corrected chi connectivity index (χ4v) is 2.55. The molecular formula is C19H18FNO. The van der Waals surface area contributed by atoms with E-state index in [1.807, 2.05) is 30.3 Å². The van der Waals surface area contributed by atoms with Crippen molar-refractivity contribution in [1.29, 1.82) is 0 Å². The van der Waals surface area contributed by atoms with Crippen molar-refractivity contribution in [2.45, 2.75) is 18.9 Å². The summed E-state index contributed by atoms with van der Waals surface area (Å²) in [6, 6.07) is 16.3. The van der Waals surface area contributed by atoms with Crippen molar-refractivity contribution in [3.05, 3.63) is 77.6 Å². The zero-order chi connectivity index (χ0) is 15.4. The Bertz CT molecular complexity index is 677. The number of hydrogen-bond donors (Lipinski definition) is 1. The summed E-state index contributed by atoms with van der Waals surface area (Å²) >= 11 is 0. The molecule has 2 aromatic rings. The van der Waals surface area contributed by atoms with Crippen molar-refractivity contribution in [2.75, 3.05) is 0 Å². The maximum Gasteiger partial charge on any atom is 0.244 e. The fourth-order valence-electron chi connectivity index (χ4n) is 2.55. The van der Waals surface area contributed by atoms with Crippen molar-refractivity contribution in [1.82, 2.24) is 5.32 Å². The van der Waals surface area contributed by atoms with E-state index in [1.54, 1.807) is 18.2 Å². The summed E-state index contributed by atoms with van der Waals surface area (Å²) in [5.74, 6) is 0.0710. The lowest BCUT2D eigenvalue weighted by molar-refractivity contribution is -0.117. The Kier molecular flexibility index (Phi) is 4.33. The second kappa shape index (κ2) is 6.56. The summed E-state index contributed by atoms with van der Waals surface area (Å²) in [5.41, 5.74) is 1.82. The van der Waals surface area contributed by atoms with Gasteiger partial charge in [-0.3, -0.25) is 4.79 Å². The number of amides is 1. The molecule has 1 fully saturated rings. The molecule has 0 aliphatic heterocycles. The van der Waals surface area contributed by atoms with Crippen LogP contribution in [-0.4, -0.2) is 5.91 Å². The van der Waals surface area contributed by atoms with Gasteiger partial charge in [0.05, 0.1) is 6.04 Å². The molecule has 3 rings (SSSR count). The summed E-state index contributed by atoms with van der Waals surface area (Å²) in [6.07, 6.45) is 5.39. The van der Waals surface area contributed by atoms with E-state index in [4.69, 9.17) is 0 Å². The average molecular weight is 295 g/mol. The van der Waals surface area contributed by atoms with Crippen LogP contribution in [0, 0.1) is 11.7 Å². The molecule has 3 heteroatoms. The molecular weight excluding hydrogens is 277 g/mol. The smallest absolute Gasteiger partial charge is 0.244 e. The number of rotatable bonds is 5. The van der Waals surface area contributed by atoms with Crippen LogP contribution in [0.1, 0.15) is 30.0 Å². The Balaban J connectivity index is 1.67. The molecule has 0 spiro atoms. The SMILES string of the molecule is O=C(/C=C/c1cccc(F)c1)NC(c1ccccc1)C1CC1. The highest BCUT2D eigenvalue weighted by Gasteiger charge is 2.32. The zero-order valence-electron chi connectivity index (χ0n) is 12.2. The first kappa shape index (κ1) is 14.5. The van der Waals surface area contributed by atoms with Crippen LogP contribution < -0.4 is 5.32 Å². The van der Waals surface area contributed by atoms with Crippen LogP contribution in [0.15, 0.2) is 60.7 Å². The Morgan fingerprint density at radius 2 is 1.91 bits per heavy atom. The van der Waals surface area contributed by atoms with Gasteiger partial charge in [-0.1, -0.05) is 42.5 Å². The second-order valence-electron chi connectivity index (χ2n) is 5.62.